The van der Waals surface area contributed by atoms with Gasteiger partial charge in [-0.3, -0.25) is 0 Å². The number of hydrogen-bond acceptors (Lipinski definition) is 2. The number of halogens is 2. The Morgan fingerprint density at radius 3 is 1.80 bits per heavy atom. The average molecular weight is 388 g/mol. The Hall–Kier alpha value is 1.41. The third-order valence-corrected chi connectivity index (χ3v) is 7.16. The third kappa shape index (κ3) is 4.32. The molecule has 0 fully saturated rings. The second-order valence-corrected chi connectivity index (χ2v) is 11.2. The molecule has 0 heterocycles. The molecule has 5 heteroatoms. The molecule has 0 atom stereocenters. The molecule has 0 rings (SSSR count). The second-order valence-electron chi connectivity index (χ2n) is 2.48. The molecule has 0 saturated heterocycles. The summed E-state index contributed by atoms with van der Waals surface area (Å²) in [5.41, 5.74) is 0. The van der Waals surface area contributed by atoms with Gasteiger partial charge in [0, 0.05) is 0 Å². The van der Waals surface area contributed by atoms with Gasteiger partial charge in [-0.1, -0.05) is 59.0 Å². The standard InChI is InChI=1S/C5H10I2O2S/c1-4(2)3-10(8,9)5(6)7/h4-5H,3H2,1-2H3. The van der Waals surface area contributed by atoms with Gasteiger partial charge in [-0.2, -0.15) is 0 Å². The minimum atomic E-state index is -2.82. The first-order chi connectivity index (χ1) is 4.36. The highest BCUT2D eigenvalue weighted by atomic mass is 127. The van der Waals surface area contributed by atoms with Crippen molar-refractivity contribution in [1.82, 2.24) is 0 Å². The molecule has 0 aliphatic rings. The lowest BCUT2D eigenvalue weighted by atomic mass is 10.3. The van der Waals surface area contributed by atoms with Crippen LogP contribution >= 0.6 is 45.2 Å². The molecule has 0 N–H and O–H groups in total. The van der Waals surface area contributed by atoms with Gasteiger partial charge in [-0.05, 0) is 5.92 Å². The monoisotopic (exact) mass is 388 g/mol. The van der Waals surface area contributed by atoms with E-state index in [4.69, 9.17) is 0 Å². The molecule has 0 aromatic carbocycles. The zero-order valence-corrected chi connectivity index (χ0v) is 11.0. The Kier molecular flexibility index (Phi) is 5.07. The Labute approximate surface area is 89.3 Å². The maximum atomic E-state index is 11.1. The molecule has 0 amide bonds. The lowest BCUT2D eigenvalue weighted by Crippen LogP contribution is -2.16. The van der Waals surface area contributed by atoms with Gasteiger partial charge in [-0.15, -0.1) is 0 Å². The van der Waals surface area contributed by atoms with Crippen molar-refractivity contribution in [3.63, 3.8) is 0 Å². The lowest BCUT2D eigenvalue weighted by Gasteiger charge is -2.06. The van der Waals surface area contributed by atoms with Crippen molar-refractivity contribution < 1.29 is 8.42 Å². The Balaban J connectivity index is 4.16. The first-order valence-corrected chi connectivity index (χ1v) is 7.06. The summed E-state index contributed by atoms with van der Waals surface area (Å²) in [6.45, 7) is 3.82. The molecule has 0 aromatic heterocycles. The van der Waals surface area contributed by atoms with Gasteiger partial charge in [0.15, 0.2) is 11.1 Å². The Bertz CT molecular complexity index is 184. The van der Waals surface area contributed by atoms with E-state index in [0.717, 1.165) is 0 Å². The number of rotatable bonds is 3. The fourth-order valence-electron chi connectivity index (χ4n) is 0.537. The van der Waals surface area contributed by atoms with Crippen molar-refractivity contribution in [2.45, 2.75) is 15.1 Å². The molecule has 2 nitrogen and oxygen atoms in total. The zero-order valence-electron chi connectivity index (χ0n) is 5.84. The lowest BCUT2D eigenvalue weighted by molar-refractivity contribution is 0.587. The Morgan fingerprint density at radius 1 is 1.30 bits per heavy atom. The minimum absolute atomic E-state index is 0.233. The van der Waals surface area contributed by atoms with Crippen molar-refractivity contribution >= 4 is 55.0 Å². The van der Waals surface area contributed by atoms with Gasteiger partial charge in [0.2, 0.25) is 0 Å². The first kappa shape index (κ1) is 11.4. The summed E-state index contributed by atoms with van der Waals surface area (Å²) in [7, 11) is -2.82. The average Bonchev–Trinajstić information content (AvgIpc) is 1.60. The molecule has 0 aliphatic carbocycles. The molecular weight excluding hydrogens is 378 g/mol. The molecule has 10 heavy (non-hydrogen) atoms. The highest BCUT2D eigenvalue weighted by Gasteiger charge is 2.19. The summed E-state index contributed by atoms with van der Waals surface area (Å²) < 4.78 is 22.0. The molecule has 0 unspecified atom stereocenters. The number of alkyl halides is 2. The van der Waals surface area contributed by atoms with E-state index in [1.165, 1.54) is 0 Å². The Morgan fingerprint density at radius 2 is 1.70 bits per heavy atom. The van der Waals surface area contributed by atoms with E-state index >= 15 is 0 Å². The van der Waals surface area contributed by atoms with Crippen LogP contribution in [-0.4, -0.2) is 15.4 Å². The molecule has 0 saturated carbocycles. The summed E-state index contributed by atoms with van der Waals surface area (Å²) in [6, 6.07) is 0. The second kappa shape index (κ2) is 4.44. The van der Waals surface area contributed by atoms with Gasteiger partial charge in [-0.25, -0.2) is 8.42 Å². The van der Waals surface area contributed by atoms with Crippen LogP contribution in [-0.2, 0) is 9.84 Å². The van der Waals surface area contributed by atoms with Crippen LogP contribution in [0.4, 0.5) is 0 Å². The van der Waals surface area contributed by atoms with E-state index in [9.17, 15) is 8.42 Å². The fourth-order valence-corrected chi connectivity index (χ4v) is 2.86. The highest BCUT2D eigenvalue weighted by Crippen LogP contribution is 2.20. The van der Waals surface area contributed by atoms with E-state index < -0.39 is 9.84 Å². The minimum Gasteiger partial charge on any atom is -0.227 e. The molecule has 0 bridgehead atoms. The van der Waals surface area contributed by atoms with Crippen LogP contribution in [0.5, 0.6) is 0 Å². The maximum Gasteiger partial charge on any atom is 0.171 e. The predicted molar refractivity (Wildman–Crippen MR) is 60.5 cm³/mol. The molecular formula is C5H10I2O2S. The van der Waals surface area contributed by atoms with Crippen molar-refractivity contribution in [3.05, 3.63) is 0 Å². The molecule has 62 valence electrons. The largest absolute Gasteiger partial charge is 0.227 e. The van der Waals surface area contributed by atoms with Crippen LogP contribution in [0.25, 0.3) is 0 Å². The molecule has 0 radical (unpaired) electrons. The SMILES string of the molecule is CC(C)CS(=O)(=O)C(I)I. The number of hydrogen-bond donors (Lipinski definition) is 0. The van der Waals surface area contributed by atoms with E-state index in [1.54, 1.807) is 0 Å². The van der Waals surface area contributed by atoms with Crippen LogP contribution < -0.4 is 0 Å². The summed E-state index contributed by atoms with van der Waals surface area (Å²) in [5.74, 6) is 0.529. The van der Waals surface area contributed by atoms with Gasteiger partial charge < -0.3 is 0 Å². The molecule has 0 aromatic rings. The zero-order chi connectivity index (χ0) is 8.36. The van der Waals surface area contributed by atoms with E-state index in [1.807, 2.05) is 59.0 Å². The van der Waals surface area contributed by atoms with Crippen LogP contribution in [0, 0.1) is 5.92 Å². The first-order valence-electron chi connectivity index (χ1n) is 2.86. The van der Waals surface area contributed by atoms with Crippen molar-refractivity contribution in [2.75, 3.05) is 5.75 Å². The summed E-state index contributed by atoms with van der Waals surface area (Å²) in [6.07, 6.45) is 0. The van der Waals surface area contributed by atoms with Gasteiger partial charge in [0.05, 0.1) is 5.75 Å². The topological polar surface area (TPSA) is 34.1 Å². The number of sulfone groups is 1. The fraction of sp³-hybridized carbons (Fsp3) is 1.00. The predicted octanol–water partition coefficient (Wildman–Crippen LogP) is 2.21. The normalized spacial score (nSPS) is 13.0. The van der Waals surface area contributed by atoms with Crippen molar-refractivity contribution in [1.29, 1.82) is 0 Å². The van der Waals surface area contributed by atoms with Crippen LogP contribution in [0.15, 0.2) is 0 Å². The third-order valence-electron chi connectivity index (χ3n) is 0.837. The van der Waals surface area contributed by atoms with Crippen LogP contribution in [0.3, 0.4) is 0 Å². The summed E-state index contributed by atoms with van der Waals surface area (Å²) in [4.78, 5) is 0. The maximum absolute atomic E-state index is 11.1. The van der Waals surface area contributed by atoms with E-state index in [2.05, 4.69) is 0 Å². The van der Waals surface area contributed by atoms with Gasteiger partial charge in [0.1, 0.15) is 0 Å². The van der Waals surface area contributed by atoms with Gasteiger partial charge in [0.25, 0.3) is 0 Å². The van der Waals surface area contributed by atoms with Crippen molar-refractivity contribution in [3.8, 4) is 0 Å². The van der Waals surface area contributed by atoms with E-state index in [0.29, 0.717) is 5.75 Å². The van der Waals surface area contributed by atoms with Crippen LogP contribution in [0.2, 0.25) is 0 Å². The van der Waals surface area contributed by atoms with Crippen molar-refractivity contribution in [2.24, 2.45) is 5.92 Å². The summed E-state index contributed by atoms with van der Waals surface area (Å²) in [5, 5.41) is 0. The van der Waals surface area contributed by atoms with Gasteiger partial charge >= 0.3 is 0 Å². The van der Waals surface area contributed by atoms with Crippen LogP contribution in [0.1, 0.15) is 13.8 Å². The van der Waals surface area contributed by atoms with E-state index in [-0.39, 0.29) is 7.18 Å². The molecule has 0 aliphatic heterocycles. The summed E-state index contributed by atoms with van der Waals surface area (Å²) >= 11 is 3.83. The smallest absolute Gasteiger partial charge is 0.171 e. The molecule has 0 spiro atoms. The quantitative estimate of drug-likeness (QED) is 0.549. The highest BCUT2D eigenvalue weighted by molar-refractivity contribution is 14.2.